The fourth-order valence-corrected chi connectivity index (χ4v) is 3.34. The summed E-state index contributed by atoms with van der Waals surface area (Å²) in [6, 6.07) is 15.4. The first kappa shape index (κ1) is 22.1. The van der Waals surface area contributed by atoms with Crippen molar-refractivity contribution in [3.8, 4) is 6.07 Å². The Morgan fingerprint density at radius 1 is 1.03 bits per heavy atom. The van der Waals surface area contributed by atoms with E-state index in [4.69, 9.17) is 5.26 Å². The van der Waals surface area contributed by atoms with Gasteiger partial charge in [-0.3, -0.25) is 14.5 Å². The number of amides is 2. The zero-order valence-electron chi connectivity index (χ0n) is 17.5. The van der Waals surface area contributed by atoms with Crippen LogP contribution in [0.25, 0.3) is 0 Å². The van der Waals surface area contributed by atoms with Crippen LogP contribution in [0.2, 0.25) is 0 Å². The molecule has 0 aliphatic rings. The molecule has 152 valence electrons. The smallest absolute Gasteiger partial charge is 0.241 e. The van der Waals surface area contributed by atoms with E-state index in [1.165, 1.54) is 0 Å². The molecule has 6 nitrogen and oxygen atoms in total. The van der Waals surface area contributed by atoms with Gasteiger partial charge in [0.25, 0.3) is 0 Å². The van der Waals surface area contributed by atoms with Gasteiger partial charge < -0.3 is 10.2 Å². The van der Waals surface area contributed by atoms with Gasteiger partial charge in [0.15, 0.2) is 0 Å². The summed E-state index contributed by atoms with van der Waals surface area (Å²) in [7, 11) is 1.74. The summed E-state index contributed by atoms with van der Waals surface area (Å²) in [4.78, 5) is 28.5. The van der Waals surface area contributed by atoms with Gasteiger partial charge in [-0.15, -0.1) is 0 Å². The summed E-state index contributed by atoms with van der Waals surface area (Å²) >= 11 is 0. The number of hydrogen-bond acceptors (Lipinski definition) is 4. The van der Waals surface area contributed by atoms with Crippen molar-refractivity contribution < 1.29 is 9.59 Å². The molecule has 0 fully saturated rings. The molecule has 2 aromatic carbocycles. The van der Waals surface area contributed by atoms with Crippen LogP contribution >= 0.6 is 0 Å². The molecule has 0 unspecified atom stereocenters. The fraction of sp³-hybridized carbons (Fsp3) is 0.348. The van der Waals surface area contributed by atoms with Gasteiger partial charge in [0, 0.05) is 17.9 Å². The minimum absolute atomic E-state index is 0.0829. The van der Waals surface area contributed by atoms with Gasteiger partial charge in [-0.05, 0) is 51.1 Å². The van der Waals surface area contributed by atoms with Crippen molar-refractivity contribution in [2.75, 3.05) is 36.9 Å². The van der Waals surface area contributed by atoms with Gasteiger partial charge >= 0.3 is 0 Å². The number of anilines is 2. The van der Waals surface area contributed by atoms with Crippen LogP contribution in [0.15, 0.2) is 42.5 Å². The molecule has 0 aromatic heterocycles. The number of carbonyl (C=O) groups is 2. The molecule has 0 bridgehead atoms. The van der Waals surface area contributed by atoms with Crippen molar-refractivity contribution >= 4 is 23.2 Å². The summed E-state index contributed by atoms with van der Waals surface area (Å²) in [5.74, 6) is -0.317. The number of para-hydroxylation sites is 1. The SMILES string of the molecule is Cc1cc(C)c(NC(=O)CN(C)CC(=O)N(CCC#N)c2ccccc2)c(C)c1. The van der Waals surface area contributed by atoms with Crippen molar-refractivity contribution in [3.05, 3.63) is 59.2 Å². The first-order valence-corrected chi connectivity index (χ1v) is 9.60. The number of nitrogens with zero attached hydrogens (tertiary/aromatic N) is 3. The lowest BCUT2D eigenvalue weighted by atomic mass is 10.1. The highest BCUT2D eigenvalue weighted by molar-refractivity contribution is 5.96. The molecule has 0 heterocycles. The van der Waals surface area contributed by atoms with E-state index in [0.717, 1.165) is 28.1 Å². The Bertz CT molecular complexity index is 880. The van der Waals surface area contributed by atoms with Crippen LogP contribution in [0.5, 0.6) is 0 Å². The van der Waals surface area contributed by atoms with Crippen molar-refractivity contribution in [1.29, 1.82) is 5.26 Å². The van der Waals surface area contributed by atoms with Crippen LogP contribution in [-0.2, 0) is 9.59 Å². The molecule has 1 N–H and O–H groups in total. The number of aryl methyl sites for hydroxylation is 3. The number of benzene rings is 2. The van der Waals surface area contributed by atoms with Crippen LogP contribution < -0.4 is 10.2 Å². The standard InChI is InChI=1S/C23H28N4O2/c1-17-13-18(2)23(19(3)14-17)25-21(28)15-26(4)16-22(29)27(12-8-11-24)20-9-6-5-7-10-20/h5-7,9-10,13-14H,8,12,15-16H2,1-4H3,(H,25,28). The van der Waals surface area contributed by atoms with E-state index in [0.29, 0.717) is 6.54 Å². The van der Waals surface area contributed by atoms with E-state index in [9.17, 15) is 9.59 Å². The van der Waals surface area contributed by atoms with Crippen molar-refractivity contribution in [2.24, 2.45) is 0 Å². The lowest BCUT2D eigenvalue weighted by molar-refractivity contribution is -0.121. The first-order chi connectivity index (χ1) is 13.8. The average molecular weight is 393 g/mol. The Balaban J connectivity index is 1.99. The average Bonchev–Trinajstić information content (AvgIpc) is 2.65. The number of carbonyl (C=O) groups excluding carboxylic acids is 2. The molecular formula is C23H28N4O2. The van der Waals surface area contributed by atoms with Gasteiger partial charge in [0.1, 0.15) is 0 Å². The molecule has 0 atom stereocenters. The second kappa shape index (κ2) is 10.4. The lowest BCUT2D eigenvalue weighted by Gasteiger charge is -2.25. The quantitative estimate of drug-likeness (QED) is 0.747. The minimum Gasteiger partial charge on any atom is -0.324 e. The van der Waals surface area contributed by atoms with Crippen molar-refractivity contribution in [3.63, 3.8) is 0 Å². The van der Waals surface area contributed by atoms with E-state index in [2.05, 4.69) is 11.4 Å². The summed E-state index contributed by atoms with van der Waals surface area (Å²) in [6.07, 6.45) is 0.247. The lowest BCUT2D eigenvalue weighted by Crippen LogP contribution is -2.42. The maximum atomic E-state index is 12.8. The summed E-state index contributed by atoms with van der Waals surface area (Å²) in [5, 5.41) is 11.9. The summed E-state index contributed by atoms with van der Waals surface area (Å²) < 4.78 is 0. The Morgan fingerprint density at radius 3 is 2.24 bits per heavy atom. The molecule has 0 spiro atoms. The van der Waals surface area contributed by atoms with Crippen molar-refractivity contribution in [2.45, 2.75) is 27.2 Å². The zero-order valence-corrected chi connectivity index (χ0v) is 17.5. The Morgan fingerprint density at radius 2 is 1.66 bits per heavy atom. The normalized spacial score (nSPS) is 10.5. The van der Waals surface area contributed by atoms with Crippen LogP contribution in [0.1, 0.15) is 23.1 Å². The molecule has 2 rings (SSSR count). The molecule has 2 amide bonds. The van der Waals surface area contributed by atoms with E-state index >= 15 is 0 Å². The van der Waals surface area contributed by atoms with Gasteiger partial charge in [0.2, 0.25) is 11.8 Å². The van der Waals surface area contributed by atoms with Crippen LogP contribution in [0.3, 0.4) is 0 Å². The third kappa shape index (κ3) is 6.44. The first-order valence-electron chi connectivity index (χ1n) is 9.60. The third-order valence-electron chi connectivity index (χ3n) is 4.58. The minimum atomic E-state index is -0.168. The van der Waals surface area contributed by atoms with Gasteiger partial charge in [-0.25, -0.2) is 0 Å². The van der Waals surface area contributed by atoms with Gasteiger partial charge in [-0.1, -0.05) is 35.9 Å². The Hall–Kier alpha value is -3.17. The van der Waals surface area contributed by atoms with E-state index < -0.39 is 0 Å². The molecule has 0 aliphatic carbocycles. The number of nitriles is 1. The van der Waals surface area contributed by atoms with Crippen molar-refractivity contribution in [1.82, 2.24) is 4.90 Å². The zero-order chi connectivity index (χ0) is 21.4. The molecule has 0 saturated carbocycles. The number of hydrogen-bond donors (Lipinski definition) is 1. The Labute approximate surface area is 172 Å². The fourth-order valence-electron chi connectivity index (χ4n) is 3.34. The van der Waals surface area contributed by atoms with Crippen LogP contribution in [-0.4, -0.2) is 43.4 Å². The maximum Gasteiger partial charge on any atom is 0.241 e. The van der Waals surface area contributed by atoms with E-state index in [1.54, 1.807) is 16.8 Å². The molecular weight excluding hydrogens is 364 g/mol. The highest BCUT2D eigenvalue weighted by Crippen LogP contribution is 2.21. The van der Waals surface area contributed by atoms with Crippen LogP contribution in [0, 0.1) is 32.1 Å². The van der Waals surface area contributed by atoms with Gasteiger partial charge in [0.05, 0.1) is 25.6 Å². The van der Waals surface area contributed by atoms with E-state index in [-0.39, 0.29) is 31.3 Å². The largest absolute Gasteiger partial charge is 0.324 e. The predicted molar refractivity (Wildman–Crippen MR) is 116 cm³/mol. The van der Waals surface area contributed by atoms with Gasteiger partial charge in [-0.2, -0.15) is 5.26 Å². The summed E-state index contributed by atoms with van der Waals surface area (Å²) in [6.45, 7) is 6.46. The number of nitrogens with one attached hydrogen (secondary N) is 1. The second-order valence-corrected chi connectivity index (χ2v) is 7.28. The number of rotatable bonds is 8. The predicted octanol–water partition coefficient (Wildman–Crippen LogP) is 3.43. The molecule has 0 radical (unpaired) electrons. The molecule has 6 heteroatoms. The molecule has 2 aromatic rings. The highest BCUT2D eigenvalue weighted by Gasteiger charge is 2.19. The monoisotopic (exact) mass is 392 g/mol. The van der Waals surface area contributed by atoms with Crippen LogP contribution in [0.4, 0.5) is 11.4 Å². The maximum absolute atomic E-state index is 12.8. The van der Waals surface area contributed by atoms with E-state index in [1.807, 2.05) is 63.2 Å². The topological polar surface area (TPSA) is 76.4 Å². The second-order valence-electron chi connectivity index (χ2n) is 7.28. The summed E-state index contributed by atoms with van der Waals surface area (Å²) in [5.41, 5.74) is 4.75. The third-order valence-corrected chi connectivity index (χ3v) is 4.58. The number of likely N-dealkylation sites (N-methyl/N-ethyl adjacent to an activating group) is 1. The molecule has 0 aliphatic heterocycles. The Kier molecular flexibility index (Phi) is 7.93. The molecule has 29 heavy (non-hydrogen) atoms. The molecule has 0 saturated heterocycles. The highest BCUT2D eigenvalue weighted by atomic mass is 16.2.